The van der Waals surface area contributed by atoms with E-state index in [1.54, 1.807) is 18.2 Å². The molecule has 1 aromatic rings. The lowest BCUT2D eigenvalue weighted by molar-refractivity contribution is 0.0168. The summed E-state index contributed by atoms with van der Waals surface area (Å²) in [6.45, 7) is 1.78. The number of carbonyl (C=O) groups is 1. The molecule has 0 heterocycles. The van der Waals surface area contributed by atoms with Crippen LogP contribution in [0.5, 0.6) is 0 Å². The van der Waals surface area contributed by atoms with Crippen molar-refractivity contribution in [1.29, 1.82) is 0 Å². The van der Waals surface area contributed by atoms with Crippen molar-refractivity contribution in [3.63, 3.8) is 0 Å². The van der Waals surface area contributed by atoms with Gasteiger partial charge in [-0.05, 0) is 24.6 Å². The molecule has 0 bridgehead atoms. The first kappa shape index (κ1) is 12.0. The van der Waals surface area contributed by atoms with Gasteiger partial charge in [-0.1, -0.05) is 17.7 Å². The molecule has 0 aliphatic rings. The van der Waals surface area contributed by atoms with Crippen LogP contribution in [0, 0.1) is 6.92 Å². The zero-order chi connectivity index (χ0) is 11.3. The molecule has 0 radical (unpaired) electrons. The van der Waals surface area contributed by atoms with Gasteiger partial charge in [0, 0.05) is 0 Å². The molecule has 5 heteroatoms. The van der Waals surface area contributed by atoms with Gasteiger partial charge in [0.25, 0.3) is 5.91 Å². The third-order valence-corrected chi connectivity index (χ3v) is 2.04. The van der Waals surface area contributed by atoms with Crippen LogP contribution >= 0.6 is 11.6 Å². The molecule has 0 saturated heterocycles. The predicted octanol–water partition coefficient (Wildman–Crippen LogP) is 1.30. The molecule has 1 rings (SSSR count). The molecule has 1 amide bonds. The van der Waals surface area contributed by atoms with Gasteiger partial charge in [0.15, 0.2) is 0 Å². The van der Waals surface area contributed by atoms with E-state index in [0.717, 1.165) is 5.56 Å². The van der Waals surface area contributed by atoms with Crippen molar-refractivity contribution in [3.8, 4) is 0 Å². The van der Waals surface area contributed by atoms with Crippen molar-refractivity contribution in [1.82, 2.24) is 5.48 Å². The maximum absolute atomic E-state index is 11.4. The number of amides is 1. The third kappa shape index (κ3) is 3.51. The number of aliphatic hydroxyl groups excluding tert-OH is 1. The Kier molecular flexibility index (Phi) is 4.55. The van der Waals surface area contributed by atoms with Gasteiger partial charge in [-0.15, -0.1) is 0 Å². The quantitative estimate of drug-likeness (QED) is 0.605. The number of rotatable bonds is 4. The molecule has 0 spiro atoms. The van der Waals surface area contributed by atoms with Crippen LogP contribution < -0.4 is 5.48 Å². The van der Waals surface area contributed by atoms with Gasteiger partial charge in [-0.25, -0.2) is 5.48 Å². The van der Waals surface area contributed by atoms with Crippen molar-refractivity contribution >= 4 is 17.5 Å². The topological polar surface area (TPSA) is 58.6 Å². The minimum absolute atomic E-state index is 0.0508. The third-order valence-electron chi connectivity index (χ3n) is 1.73. The lowest BCUT2D eigenvalue weighted by Crippen LogP contribution is -2.25. The Hall–Kier alpha value is -1.10. The van der Waals surface area contributed by atoms with Gasteiger partial charge in [0.2, 0.25) is 0 Å². The highest BCUT2D eigenvalue weighted by Crippen LogP contribution is 2.17. The van der Waals surface area contributed by atoms with Crippen molar-refractivity contribution < 1.29 is 14.7 Å². The number of hydrogen-bond acceptors (Lipinski definition) is 3. The van der Waals surface area contributed by atoms with E-state index in [1.165, 1.54) is 0 Å². The Morgan fingerprint density at radius 1 is 1.60 bits per heavy atom. The highest BCUT2D eigenvalue weighted by atomic mass is 35.5. The molecular formula is C10H12ClNO3. The van der Waals surface area contributed by atoms with Gasteiger partial charge in [0.05, 0.1) is 23.8 Å². The van der Waals surface area contributed by atoms with Crippen LogP contribution in [0.2, 0.25) is 5.02 Å². The summed E-state index contributed by atoms with van der Waals surface area (Å²) in [6, 6.07) is 5.10. The summed E-state index contributed by atoms with van der Waals surface area (Å²) in [7, 11) is 0. The van der Waals surface area contributed by atoms with E-state index in [0.29, 0.717) is 10.6 Å². The van der Waals surface area contributed by atoms with Crippen LogP contribution in [0.4, 0.5) is 0 Å². The van der Waals surface area contributed by atoms with E-state index in [1.807, 2.05) is 6.92 Å². The molecule has 15 heavy (non-hydrogen) atoms. The Labute approximate surface area is 92.8 Å². The van der Waals surface area contributed by atoms with Crippen LogP contribution in [0.25, 0.3) is 0 Å². The number of hydrogen-bond donors (Lipinski definition) is 2. The zero-order valence-electron chi connectivity index (χ0n) is 8.29. The predicted molar refractivity (Wildman–Crippen MR) is 56.7 cm³/mol. The smallest absolute Gasteiger partial charge is 0.276 e. The van der Waals surface area contributed by atoms with Crippen molar-refractivity contribution in [3.05, 3.63) is 34.3 Å². The van der Waals surface area contributed by atoms with Crippen LogP contribution in [0.1, 0.15) is 15.9 Å². The highest BCUT2D eigenvalue weighted by molar-refractivity contribution is 6.33. The summed E-state index contributed by atoms with van der Waals surface area (Å²) in [5, 5.41) is 8.81. The van der Waals surface area contributed by atoms with Crippen LogP contribution in [-0.2, 0) is 4.84 Å². The number of nitrogens with one attached hydrogen (secondary N) is 1. The van der Waals surface area contributed by atoms with E-state index < -0.39 is 5.91 Å². The normalized spacial score (nSPS) is 10.1. The fourth-order valence-corrected chi connectivity index (χ4v) is 1.34. The summed E-state index contributed by atoms with van der Waals surface area (Å²) >= 11 is 5.87. The largest absolute Gasteiger partial charge is 0.394 e. The maximum atomic E-state index is 11.4. The standard InChI is InChI=1S/C10H12ClNO3/c1-7-2-3-8(9(11)6-7)10(14)12-15-5-4-13/h2-3,6,13H,4-5H2,1H3,(H,12,14). The van der Waals surface area contributed by atoms with Crippen molar-refractivity contribution in [2.24, 2.45) is 0 Å². The monoisotopic (exact) mass is 229 g/mol. The molecule has 0 atom stereocenters. The second kappa shape index (κ2) is 5.70. The Bertz CT molecular complexity index is 355. The van der Waals surface area contributed by atoms with E-state index >= 15 is 0 Å². The molecule has 0 aliphatic carbocycles. The number of aliphatic hydroxyl groups is 1. The molecule has 82 valence electrons. The van der Waals surface area contributed by atoms with E-state index in [-0.39, 0.29) is 13.2 Å². The van der Waals surface area contributed by atoms with E-state index in [4.69, 9.17) is 16.7 Å². The van der Waals surface area contributed by atoms with Crippen LogP contribution in [0.3, 0.4) is 0 Å². The zero-order valence-corrected chi connectivity index (χ0v) is 9.04. The number of hydroxylamine groups is 1. The number of benzene rings is 1. The average molecular weight is 230 g/mol. The van der Waals surface area contributed by atoms with E-state index in [9.17, 15) is 4.79 Å². The summed E-state index contributed by atoms with van der Waals surface area (Å²) in [5.74, 6) is -0.423. The summed E-state index contributed by atoms with van der Waals surface area (Å²) < 4.78 is 0. The van der Waals surface area contributed by atoms with Gasteiger partial charge in [-0.3, -0.25) is 9.63 Å². The molecule has 4 nitrogen and oxygen atoms in total. The molecule has 0 aliphatic heterocycles. The molecule has 0 saturated carbocycles. The molecule has 0 unspecified atom stereocenters. The lowest BCUT2D eigenvalue weighted by atomic mass is 10.1. The summed E-state index contributed by atoms with van der Waals surface area (Å²) in [4.78, 5) is 16.1. The van der Waals surface area contributed by atoms with Gasteiger partial charge in [0.1, 0.15) is 0 Å². The first-order chi connectivity index (χ1) is 7.15. The summed E-state index contributed by atoms with van der Waals surface area (Å²) in [6.07, 6.45) is 0. The van der Waals surface area contributed by atoms with Crippen molar-refractivity contribution in [2.75, 3.05) is 13.2 Å². The first-order valence-corrected chi connectivity index (χ1v) is 4.82. The second-order valence-corrected chi connectivity index (χ2v) is 3.39. The molecular weight excluding hydrogens is 218 g/mol. The van der Waals surface area contributed by atoms with E-state index in [2.05, 4.69) is 10.3 Å². The number of halogens is 1. The SMILES string of the molecule is Cc1ccc(C(=O)NOCCO)c(Cl)c1. The fourth-order valence-electron chi connectivity index (χ4n) is 1.02. The molecule has 0 aromatic heterocycles. The first-order valence-electron chi connectivity index (χ1n) is 4.44. The van der Waals surface area contributed by atoms with Gasteiger partial charge < -0.3 is 5.11 Å². The second-order valence-electron chi connectivity index (χ2n) is 2.99. The van der Waals surface area contributed by atoms with Crippen LogP contribution in [-0.4, -0.2) is 24.2 Å². The van der Waals surface area contributed by atoms with Gasteiger partial charge >= 0.3 is 0 Å². The molecule has 2 N–H and O–H groups in total. The fraction of sp³-hybridized carbons (Fsp3) is 0.300. The van der Waals surface area contributed by atoms with Crippen LogP contribution in [0.15, 0.2) is 18.2 Å². The lowest BCUT2D eigenvalue weighted by Gasteiger charge is -2.06. The Morgan fingerprint density at radius 3 is 2.93 bits per heavy atom. The average Bonchev–Trinajstić information content (AvgIpc) is 2.17. The molecule has 1 aromatic carbocycles. The summed E-state index contributed by atoms with van der Waals surface area (Å²) in [5.41, 5.74) is 3.50. The van der Waals surface area contributed by atoms with Gasteiger partial charge in [-0.2, -0.15) is 0 Å². The Balaban J connectivity index is 2.65. The molecule has 0 fully saturated rings. The number of carbonyl (C=O) groups excluding carboxylic acids is 1. The maximum Gasteiger partial charge on any atom is 0.276 e. The number of aryl methyl sites for hydroxylation is 1. The minimum Gasteiger partial charge on any atom is -0.394 e. The minimum atomic E-state index is -0.423. The van der Waals surface area contributed by atoms with Crippen molar-refractivity contribution in [2.45, 2.75) is 6.92 Å². The Morgan fingerprint density at radius 2 is 2.33 bits per heavy atom. The highest BCUT2D eigenvalue weighted by Gasteiger charge is 2.09.